The number of hydrogen-bond donors (Lipinski definition) is 3. The van der Waals surface area contributed by atoms with Gasteiger partial charge in [-0.15, -0.1) is 0 Å². The van der Waals surface area contributed by atoms with E-state index in [-0.39, 0.29) is 12.6 Å². The molecule has 0 aliphatic heterocycles. The first-order valence-corrected chi connectivity index (χ1v) is 4.55. The lowest BCUT2D eigenvalue weighted by atomic mass is 10.3. The highest BCUT2D eigenvalue weighted by atomic mass is 19.1. The molecule has 1 unspecified atom stereocenters. The quantitative estimate of drug-likeness (QED) is 0.707. The van der Waals surface area contributed by atoms with Gasteiger partial charge in [-0.2, -0.15) is 0 Å². The predicted octanol–water partition coefficient (Wildman–Crippen LogP) is 1.33. The highest BCUT2D eigenvalue weighted by Crippen LogP contribution is 2.08. The van der Waals surface area contributed by atoms with Crippen molar-refractivity contribution in [3.05, 3.63) is 30.1 Å². The number of carbonyl (C=O) groups excluding carboxylic acids is 1. The van der Waals surface area contributed by atoms with E-state index in [2.05, 4.69) is 10.6 Å². The maximum Gasteiger partial charge on any atom is 0.319 e. The zero-order chi connectivity index (χ0) is 11.3. The molecule has 5 heteroatoms. The monoisotopic (exact) mass is 212 g/mol. The number of rotatable bonds is 3. The van der Waals surface area contributed by atoms with Gasteiger partial charge in [0, 0.05) is 5.69 Å². The van der Waals surface area contributed by atoms with E-state index in [0.717, 1.165) is 0 Å². The van der Waals surface area contributed by atoms with Gasteiger partial charge in [-0.25, -0.2) is 9.18 Å². The molecule has 0 fully saturated rings. The first-order chi connectivity index (χ1) is 7.11. The largest absolute Gasteiger partial charge is 0.394 e. The van der Waals surface area contributed by atoms with E-state index in [4.69, 9.17) is 5.11 Å². The molecule has 1 rings (SSSR count). The van der Waals surface area contributed by atoms with E-state index in [0.29, 0.717) is 5.69 Å². The van der Waals surface area contributed by atoms with Gasteiger partial charge in [0.15, 0.2) is 0 Å². The summed E-state index contributed by atoms with van der Waals surface area (Å²) in [5.74, 6) is -0.414. The summed E-state index contributed by atoms with van der Waals surface area (Å²) in [4.78, 5) is 11.2. The van der Waals surface area contributed by atoms with Crippen molar-refractivity contribution in [2.45, 2.75) is 13.0 Å². The molecule has 1 atom stereocenters. The molecule has 0 aromatic heterocycles. The number of halogens is 1. The average molecular weight is 212 g/mol. The summed E-state index contributed by atoms with van der Waals surface area (Å²) >= 11 is 0. The number of carbonyl (C=O) groups is 1. The lowest BCUT2D eigenvalue weighted by Gasteiger charge is -2.11. The third-order valence-corrected chi connectivity index (χ3v) is 1.73. The van der Waals surface area contributed by atoms with Crippen molar-refractivity contribution in [1.82, 2.24) is 5.32 Å². The molecule has 3 N–H and O–H groups in total. The Bertz CT molecular complexity index is 344. The van der Waals surface area contributed by atoms with Crippen LogP contribution in [0.3, 0.4) is 0 Å². The van der Waals surface area contributed by atoms with Crippen LogP contribution in [0.5, 0.6) is 0 Å². The van der Waals surface area contributed by atoms with Gasteiger partial charge in [0.05, 0.1) is 12.6 Å². The van der Waals surface area contributed by atoms with E-state index >= 15 is 0 Å². The van der Waals surface area contributed by atoms with Crippen molar-refractivity contribution in [1.29, 1.82) is 0 Å². The molecule has 0 saturated heterocycles. The van der Waals surface area contributed by atoms with Crippen LogP contribution >= 0.6 is 0 Å². The molecule has 2 amide bonds. The highest BCUT2D eigenvalue weighted by molar-refractivity contribution is 5.89. The molecule has 0 heterocycles. The summed E-state index contributed by atoms with van der Waals surface area (Å²) in [7, 11) is 0. The van der Waals surface area contributed by atoms with Crippen LogP contribution in [-0.4, -0.2) is 23.8 Å². The topological polar surface area (TPSA) is 61.4 Å². The molecule has 0 saturated carbocycles. The molecule has 0 radical (unpaired) electrons. The third kappa shape index (κ3) is 3.95. The van der Waals surface area contributed by atoms with Gasteiger partial charge >= 0.3 is 6.03 Å². The van der Waals surface area contributed by atoms with Gasteiger partial charge in [0.25, 0.3) is 0 Å². The minimum absolute atomic E-state index is 0.142. The third-order valence-electron chi connectivity index (χ3n) is 1.73. The van der Waals surface area contributed by atoms with Gasteiger partial charge in [-0.3, -0.25) is 0 Å². The number of aliphatic hydroxyl groups excluding tert-OH is 1. The molecule has 1 aromatic rings. The Morgan fingerprint density at radius 3 is 2.93 bits per heavy atom. The van der Waals surface area contributed by atoms with Crippen LogP contribution in [0.1, 0.15) is 6.92 Å². The van der Waals surface area contributed by atoms with Crippen LogP contribution in [0.15, 0.2) is 24.3 Å². The van der Waals surface area contributed by atoms with Gasteiger partial charge < -0.3 is 15.7 Å². The summed E-state index contributed by atoms with van der Waals surface area (Å²) in [6.45, 7) is 1.52. The van der Waals surface area contributed by atoms with Gasteiger partial charge in [-0.1, -0.05) is 6.07 Å². The summed E-state index contributed by atoms with van der Waals surface area (Å²) in [5.41, 5.74) is 0.373. The number of benzene rings is 1. The first-order valence-electron chi connectivity index (χ1n) is 4.55. The number of anilines is 1. The Balaban J connectivity index is 2.51. The number of hydrogen-bond acceptors (Lipinski definition) is 2. The van der Waals surface area contributed by atoms with E-state index in [9.17, 15) is 9.18 Å². The minimum atomic E-state index is -0.470. The van der Waals surface area contributed by atoms with E-state index in [1.165, 1.54) is 18.2 Å². The van der Waals surface area contributed by atoms with Gasteiger partial charge in [0.2, 0.25) is 0 Å². The van der Waals surface area contributed by atoms with Gasteiger partial charge in [-0.05, 0) is 25.1 Å². The van der Waals surface area contributed by atoms with Crippen LogP contribution in [0, 0.1) is 5.82 Å². The van der Waals surface area contributed by atoms with Crippen molar-refractivity contribution in [3.8, 4) is 0 Å². The van der Waals surface area contributed by atoms with Crippen molar-refractivity contribution < 1.29 is 14.3 Å². The zero-order valence-electron chi connectivity index (χ0n) is 8.33. The number of urea groups is 1. The number of amides is 2. The zero-order valence-corrected chi connectivity index (χ0v) is 8.33. The van der Waals surface area contributed by atoms with Crippen LogP contribution < -0.4 is 10.6 Å². The van der Waals surface area contributed by atoms with Gasteiger partial charge in [0.1, 0.15) is 5.82 Å². The molecule has 1 aromatic carbocycles. The Morgan fingerprint density at radius 2 is 2.33 bits per heavy atom. The normalized spacial score (nSPS) is 11.9. The van der Waals surface area contributed by atoms with E-state index in [1.807, 2.05) is 0 Å². The van der Waals surface area contributed by atoms with Crippen molar-refractivity contribution in [2.24, 2.45) is 0 Å². The van der Waals surface area contributed by atoms with E-state index < -0.39 is 11.8 Å². The minimum Gasteiger partial charge on any atom is -0.394 e. The van der Waals surface area contributed by atoms with Crippen molar-refractivity contribution >= 4 is 11.7 Å². The molecule has 4 nitrogen and oxygen atoms in total. The van der Waals surface area contributed by atoms with Crippen LogP contribution in [-0.2, 0) is 0 Å². The maximum absolute atomic E-state index is 12.7. The number of nitrogens with one attached hydrogen (secondary N) is 2. The fourth-order valence-electron chi connectivity index (χ4n) is 1.00. The average Bonchev–Trinajstić information content (AvgIpc) is 2.17. The molecule has 15 heavy (non-hydrogen) atoms. The first kappa shape index (κ1) is 11.5. The SMILES string of the molecule is CC(CO)NC(=O)Nc1cccc(F)c1. The number of aliphatic hydroxyl groups is 1. The Morgan fingerprint density at radius 1 is 1.60 bits per heavy atom. The summed E-state index contributed by atoms with van der Waals surface area (Å²) in [6.07, 6.45) is 0. The van der Waals surface area contributed by atoms with Crippen molar-refractivity contribution in [3.63, 3.8) is 0 Å². The second-order valence-corrected chi connectivity index (χ2v) is 3.19. The van der Waals surface area contributed by atoms with Crippen LogP contribution in [0.4, 0.5) is 14.9 Å². The summed E-state index contributed by atoms with van der Waals surface area (Å²) in [6, 6.07) is 4.77. The smallest absolute Gasteiger partial charge is 0.319 e. The predicted molar refractivity (Wildman–Crippen MR) is 55.1 cm³/mol. The fourth-order valence-corrected chi connectivity index (χ4v) is 1.00. The molecular weight excluding hydrogens is 199 g/mol. The second kappa shape index (κ2) is 5.31. The molecule has 0 bridgehead atoms. The van der Waals surface area contributed by atoms with Crippen LogP contribution in [0.2, 0.25) is 0 Å². The Labute approximate surface area is 87.1 Å². The summed E-state index contributed by atoms with van der Waals surface area (Å²) < 4.78 is 12.7. The Hall–Kier alpha value is -1.62. The van der Waals surface area contributed by atoms with Crippen molar-refractivity contribution in [2.75, 3.05) is 11.9 Å². The standard InChI is InChI=1S/C10H13FN2O2/c1-7(6-14)12-10(15)13-9-4-2-3-8(11)5-9/h2-5,7,14H,6H2,1H3,(H2,12,13,15). The van der Waals surface area contributed by atoms with E-state index in [1.54, 1.807) is 13.0 Å². The lowest BCUT2D eigenvalue weighted by Crippen LogP contribution is -2.38. The molecule has 0 spiro atoms. The molecule has 0 aliphatic rings. The lowest BCUT2D eigenvalue weighted by molar-refractivity contribution is 0.229. The second-order valence-electron chi connectivity index (χ2n) is 3.19. The Kier molecular flexibility index (Phi) is 4.05. The summed E-state index contributed by atoms with van der Waals surface area (Å²) in [5, 5.41) is 13.6. The molecule has 82 valence electrons. The maximum atomic E-state index is 12.7. The fraction of sp³-hybridized carbons (Fsp3) is 0.300. The highest BCUT2D eigenvalue weighted by Gasteiger charge is 2.05. The molecule has 0 aliphatic carbocycles. The van der Waals surface area contributed by atoms with Crippen LogP contribution in [0.25, 0.3) is 0 Å². The molecular formula is C10H13FN2O2.